The molecule has 2 saturated heterocycles. The molecule has 0 aromatic carbocycles. The van der Waals surface area contributed by atoms with Gasteiger partial charge in [-0.1, -0.05) is 32.6 Å². The van der Waals surface area contributed by atoms with Crippen molar-refractivity contribution >= 4 is 5.97 Å². The summed E-state index contributed by atoms with van der Waals surface area (Å²) in [5, 5.41) is 9.46. The number of aliphatic carboxylic acids is 1. The summed E-state index contributed by atoms with van der Waals surface area (Å²) >= 11 is 0. The quantitative estimate of drug-likeness (QED) is 0.708. The maximum absolute atomic E-state index is 11.5. The summed E-state index contributed by atoms with van der Waals surface area (Å²) in [6.45, 7) is 2.17. The van der Waals surface area contributed by atoms with Gasteiger partial charge < -0.3 is 9.84 Å². The Kier molecular flexibility index (Phi) is 3.53. The van der Waals surface area contributed by atoms with E-state index in [1.807, 2.05) is 0 Å². The minimum Gasteiger partial charge on any atom is -0.481 e. The largest absolute Gasteiger partial charge is 0.481 e. The molecule has 3 nitrogen and oxygen atoms in total. The number of carboxylic acid groups (broad SMARTS) is 1. The van der Waals surface area contributed by atoms with Crippen molar-refractivity contribution in [2.45, 2.75) is 70.5 Å². The number of ether oxygens (including phenoxy) is 1. The molecule has 3 unspecified atom stereocenters. The van der Waals surface area contributed by atoms with Gasteiger partial charge in [0.15, 0.2) is 0 Å². The van der Waals surface area contributed by atoms with Crippen molar-refractivity contribution in [2.75, 3.05) is 0 Å². The molecule has 0 amide bonds. The molecular weight excluding hydrogens is 204 g/mol. The van der Waals surface area contributed by atoms with Crippen LogP contribution in [-0.2, 0) is 9.53 Å². The third-order valence-corrected chi connectivity index (χ3v) is 4.22. The zero-order valence-corrected chi connectivity index (χ0v) is 10.1. The minimum absolute atomic E-state index is 0.00312. The predicted octanol–water partition coefficient (Wildman–Crippen LogP) is 2.98. The summed E-state index contributed by atoms with van der Waals surface area (Å²) in [4.78, 5) is 11.5. The van der Waals surface area contributed by atoms with Gasteiger partial charge in [-0.15, -0.1) is 0 Å². The Labute approximate surface area is 97.2 Å². The molecule has 92 valence electrons. The molecule has 3 heteroatoms. The van der Waals surface area contributed by atoms with Gasteiger partial charge in [0.25, 0.3) is 0 Å². The molecule has 2 aliphatic heterocycles. The van der Waals surface area contributed by atoms with E-state index in [1.165, 1.54) is 12.8 Å². The molecular formula is C13H22O3. The SMILES string of the molecule is CCCCCCC1(C(=O)O)CC2CCC1O2. The summed E-state index contributed by atoms with van der Waals surface area (Å²) in [5.41, 5.74) is -0.545. The maximum Gasteiger partial charge on any atom is 0.312 e. The van der Waals surface area contributed by atoms with E-state index in [4.69, 9.17) is 4.74 Å². The molecule has 2 rings (SSSR count). The van der Waals surface area contributed by atoms with Gasteiger partial charge in [-0.3, -0.25) is 4.79 Å². The summed E-state index contributed by atoms with van der Waals surface area (Å²) in [5.74, 6) is -0.629. The maximum atomic E-state index is 11.5. The Hall–Kier alpha value is -0.570. The van der Waals surface area contributed by atoms with Crippen LogP contribution in [0.15, 0.2) is 0 Å². The Morgan fingerprint density at radius 3 is 2.69 bits per heavy atom. The minimum atomic E-state index is -0.629. The summed E-state index contributed by atoms with van der Waals surface area (Å²) < 4.78 is 5.73. The second-order valence-corrected chi connectivity index (χ2v) is 5.30. The third-order valence-electron chi connectivity index (χ3n) is 4.22. The van der Waals surface area contributed by atoms with E-state index in [0.29, 0.717) is 0 Å². The lowest BCUT2D eigenvalue weighted by Gasteiger charge is -2.30. The van der Waals surface area contributed by atoms with Gasteiger partial charge in [-0.2, -0.15) is 0 Å². The number of unbranched alkanes of at least 4 members (excludes halogenated alkanes) is 3. The Morgan fingerprint density at radius 1 is 1.38 bits per heavy atom. The number of fused-ring (bicyclic) bond motifs is 2. The average molecular weight is 226 g/mol. The van der Waals surface area contributed by atoms with Crippen LogP contribution in [0.5, 0.6) is 0 Å². The van der Waals surface area contributed by atoms with Crippen LogP contribution in [0.2, 0.25) is 0 Å². The zero-order chi connectivity index (χ0) is 11.6. The molecule has 16 heavy (non-hydrogen) atoms. The van der Waals surface area contributed by atoms with E-state index >= 15 is 0 Å². The lowest BCUT2D eigenvalue weighted by Crippen LogP contribution is -2.40. The molecule has 3 atom stereocenters. The highest BCUT2D eigenvalue weighted by Crippen LogP contribution is 2.50. The second kappa shape index (κ2) is 4.74. The van der Waals surface area contributed by atoms with Gasteiger partial charge in [0, 0.05) is 0 Å². The highest BCUT2D eigenvalue weighted by atomic mass is 16.5. The summed E-state index contributed by atoms with van der Waals surface area (Å²) in [6, 6.07) is 0. The molecule has 1 N–H and O–H groups in total. The van der Waals surface area contributed by atoms with Crippen LogP contribution in [0.1, 0.15) is 58.3 Å². The Morgan fingerprint density at radius 2 is 2.19 bits per heavy atom. The lowest BCUT2D eigenvalue weighted by atomic mass is 9.70. The number of rotatable bonds is 6. The van der Waals surface area contributed by atoms with Crippen LogP contribution in [0, 0.1) is 5.41 Å². The predicted molar refractivity (Wildman–Crippen MR) is 61.3 cm³/mol. The standard InChI is InChI=1S/C13H22O3/c1-2-3-4-5-8-13(12(14)15)9-10-6-7-11(13)16-10/h10-11H,2-9H2,1H3,(H,14,15). The molecule has 0 aromatic rings. The number of carboxylic acids is 1. The highest BCUT2D eigenvalue weighted by Gasteiger charge is 2.56. The monoisotopic (exact) mass is 226 g/mol. The van der Waals surface area contributed by atoms with E-state index in [0.717, 1.165) is 38.5 Å². The van der Waals surface area contributed by atoms with E-state index in [-0.39, 0.29) is 12.2 Å². The van der Waals surface area contributed by atoms with Crippen molar-refractivity contribution in [1.82, 2.24) is 0 Å². The molecule has 0 spiro atoms. The molecule has 2 aliphatic rings. The fourth-order valence-corrected chi connectivity index (χ4v) is 3.26. The van der Waals surface area contributed by atoms with Crippen molar-refractivity contribution in [1.29, 1.82) is 0 Å². The van der Waals surface area contributed by atoms with Gasteiger partial charge >= 0.3 is 5.97 Å². The van der Waals surface area contributed by atoms with Crippen LogP contribution in [-0.4, -0.2) is 23.3 Å². The average Bonchev–Trinajstić information content (AvgIpc) is 2.84. The third kappa shape index (κ3) is 1.97. The molecule has 0 aromatic heterocycles. The number of hydrogen-bond acceptors (Lipinski definition) is 2. The van der Waals surface area contributed by atoms with Crippen LogP contribution in [0.25, 0.3) is 0 Å². The van der Waals surface area contributed by atoms with E-state index in [2.05, 4.69) is 6.92 Å². The van der Waals surface area contributed by atoms with Crippen LogP contribution < -0.4 is 0 Å². The first-order valence-corrected chi connectivity index (χ1v) is 6.58. The fourth-order valence-electron chi connectivity index (χ4n) is 3.26. The van der Waals surface area contributed by atoms with Gasteiger partial charge in [0.2, 0.25) is 0 Å². The smallest absolute Gasteiger partial charge is 0.312 e. The number of carbonyl (C=O) groups is 1. The van der Waals surface area contributed by atoms with Crippen LogP contribution in [0.4, 0.5) is 0 Å². The first-order valence-electron chi connectivity index (χ1n) is 6.58. The van der Waals surface area contributed by atoms with Crippen molar-refractivity contribution in [2.24, 2.45) is 5.41 Å². The van der Waals surface area contributed by atoms with Gasteiger partial charge in [0.05, 0.1) is 17.6 Å². The first kappa shape index (κ1) is 11.9. The van der Waals surface area contributed by atoms with Gasteiger partial charge in [-0.25, -0.2) is 0 Å². The molecule has 0 aliphatic carbocycles. The normalized spacial score (nSPS) is 36.8. The summed E-state index contributed by atoms with van der Waals surface area (Å²) in [6.07, 6.45) is 8.40. The lowest BCUT2D eigenvalue weighted by molar-refractivity contribution is -0.153. The first-order chi connectivity index (χ1) is 7.69. The fraction of sp³-hybridized carbons (Fsp3) is 0.923. The molecule has 2 bridgehead atoms. The summed E-state index contributed by atoms with van der Waals surface area (Å²) in [7, 11) is 0. The molecule has 2 fully saturated rings. The molecule has 0 saturated carbocycles. The van der Waals surface area contributed by atoms with E-state index in [9.17, 15) is 9.90 Å². The highest BCUT2D eigenvalue weighted by molar-refractivity contribution is 5.76. The zero-order valence-electron chi connectivity index (χ0n) is 10.1. The van der Waals surface area contributed by atoms with Crippen molar-refractivity contribution in [3.05, 3.63) is 0 Å². The van der Waals surface area contributed by atoms with Crippen LogP contribution in [0.3, 0.4) is 0 Å². The van der Waals surface area contributed by atoms with Gasteiger partial charge in [-0.05, 0) is 25.7 Å². The second-order valence-electron chi connectivity index (χ2n) is 5.30. The van der Waals surface area contributed by atoms with Crippen molar-refractivity contribution in [3.8, 4) is 0 Å². The van der Waals surface area contributed by atoms with Gasteiger partial charge in [0.1, 0.15) is 0 Å². The van der Waals surface area contributed by atoms with E-state index in [1.54, 1.807) is 0 Å². The number of hydrogen-bond donors (Lipinski definition) is 1. The molecule has 0 radical (unpaired) electrons. The topological polar surface area (TPSA) is 46.5 Å². The molecule has 2 heterocycles. The van der Waals surface area contributed by atoms with Crippen molar-refractivity contribution in [3.63, 3.8) is 0 Å². The van der Waals surface area contributed by atoms with E-state index < -0.39 is 11.4 Å². The van der Waals surface area contributed by atoms with Crippen molar-refractivity contribution < 1.29 is 14.6 Å². The Bertz CT molecular complexity index is 264. The Balaban J connectivity index is 1.93. The van der Waals surface area contributed by atoms with Crippen LogP contribution >= 0.6 is 0 Å².